The van der Waals surface area contributed by atoms with Crippen molar-refractivity contribution in [1.29, 1.82) is 0 Å². The van der Waals surface area contributed by atoms with Crippen LogP contribution in [0.4, 0.5) is 0 Å². The fourth-order valence-electron chi connectivity index (χ4n) is 3.02. The van der Waals surface area contributed by atoms with Gasteiger partial charge in [0, 0.05) is 24.6 Å². The maximum Gasteiger partial charge on any atom is 0.309 e. The van der Waals surface area contributed by atoms with Gasteiger partial charge in [-0.15, -0.1) is 0 Å². The third-order valence-electron chi connectivity index (χ3n) is 4.95. The zero-order valence-electron chi connectivity index (χ0n) is 16.9. The average Bonchev–Trinajstić information content (AvgIpc) is 2.67. The van der Waals surface area contributed by atoms with Gasteiger partial charge in [-0.1, -0.05) is 38.1 Å². The maximum atomic E-state index is 12.5. The second-order valence-corrected chi connectivity index (χ2v) is 7.03. The molecule has 3 atom stereocenters. The number of aromatic nitrogens is 1. The van der Waals surface area contributed by atoms with E-state index >= 15 is 0 Å². The van der Waals surface area contributed by atoms with E-state index in [4.69, 9.17) is 9.47 Å². The lowest BCUT2D eigenvalue weighted by Gasteiger charge is -2.23. The topological polar surface area (TPSA) is 85.7 Å². The number of esters is 1. The highest BCUT2D eigenvalue weighted by Crippen LogP contribution is 2.29. The second kappa shape index (κ2) is 9.35. The molecule has 1 heterocycles. The van der Waals surface area contributed by atoms with Crippen LogP contribution < -0.4 is 4.74 Å². The van der Waals surface area contributed by atoms with E-state index in [9.17, 15) is 14.7 Å². The number of methoxy groups -OCH3 is 1. The molecule has 2 rings (SSSR count). The van der Waals surface area contributed by atoms with Crippen LogP contribution in [0.15, 0.2) is 36.5 Å². The van der Waals surface area contributed by atoms with Gasteiger partial charge in [-0.05, 0) is 25.0 Å². The van der Waals surface area contributed by atoms with Crippen molar-refractivity contribution >= 4 is 11.8 Å². The van der Waals surface area contributed by atoms with Crippen LogP contribution in [0.5, 0.6) is 11.5 Å². The number of nitrogens with zero attached hydrogens (tertiary/aromatic N) is 1. The molecule has 0 bridgehead atoms. The van der Waals surface area contributed by atoms with Crippen LogP contribution in [0, 0.1) is 12.8 Å². The fourth-order valence-corrected chi connectivity index (χ4v) is 3.02. The molecule has 1 N–H and O–H groups in total. The molecule has 1 aromatic carbocycles. The van der Waals surface area contributed by atoms with Crippen LogP contribution in [0.3, 0.4) is 0 Å². The van der Waals surface area contributed by atoms with E-state index in [-0.39, 0.29) is 35.6 Å². The molecular formula is C22H27NO5. The molecule has 0 saturated carbocycles. The normalized spacial score (nSPS) is 14.0. The molecule has 0 unspecified atom stereocenters. The van der Waals surface area contributed by atoms with Crippen molar-refractivity contribution in [3.63, 3.8) is 0 Å². The standard InChI is InChI=1S/C22H27NO5/c1-13-8-6-7-9-17(13)15(3)16(4)28-22(26)14(2)12-18(24)20-21(25)19(27-5)10-11-23-20/h6-11,14-16,25H,12H2,1-5H3/t14-,15-,16-/m1/s1. The molecule has 0 aliphatic rings. The third kappa shape index (κ3) is 4.88. The monoisotopic (exact) mass is 385 g/mol. The van der Waals surface area contributed by atoms with Crippen molar-refractivity contribution in [2.75, 3.05) is 7.11 Å². The summed E-state index contributed by atoms with van der Waals surface area (Å²) in [5.41, 5.74) is 2.15. The second-order valence-electron chi connectivity index (χ2n) is 7.03. The third-order valence-corrected chi connectivity index (χ3v) is 4.95. The minimum Gasteiger partial charge on any atom is -0.503 e. The number of ether oxygens (including phenoxy) is 2. The highest BCUT2D eigenvalue weighted by Gasteiger charge is 2.26. The van der Waals surface area contributed by atoms with Gasteiger partial charge in [0.25, 0.3) is 0 Å². The summed E-state index contributed by atoms with van der Waals surface area (Å²) in [6.07, 6.45) is 0.924. The SMILES string of the molecule is COc1ccnc(C(=O)C[C@@H](C)C(=O)O[C@H](C)[C@@H](C)c2ccccc2C)c1O. The molecule has 0 saturated heterocycles. The Balaban J connectivity index is 2.01. The van der Waals surface area contributed by atoms with E-state index in [2.05, 4.69) is 4.98 Å². The van der Waals surface area contributed by atoms with E-state index in [1.165, 1.54) is 19.4 Å². The van der Waals surface area contributed by atoms with E-state index in [1.807, 2.05) is 45.0 Å². The highest BCUT2D eigenvalue weighted by molar-refractivity contribution is 5.99. The number of ketones is 1. The number of pyridine rings is 1. The molecule has 0 fully saturated rings. The Kier molecular flexibility index (Phi) is 7.15. The van der Waals surface area contributed by atoms with E-state index < -0.39 is 17.7 Å². The molecule has 1 aromatic heterocycles. The van der Waals surface area contributed by atoms with Gasteiger partial charge in [-0.25, -0.2) is 4.98 Å². The average molecular weight is 385 g/mol. The number of aromatic hydroxyl groups is 1. The minimum atomic E-state index is -0.661. The highest BCUT2D eigenvalue weighted by atomic mass is 16.5. The molecule has 2 aromatic rings. The summed E-state index contributed by atoms with van der Waals surface area (Å²) in [6, 6.07) is 9.43. The minimum absolute atomic E-state index is 0.0251. The first-order valence-electron chi connectivity index (χ1n) is 9.27. The van der Waals surface area contributed by atoms with Crippen molar-refractivity contribution in [3.8, 4) is 11.5 Å². The Morgan fingerprint density at radius 2 is 1.82 bits per heavy atom. The summed E-state index contributed by atoms with van der Waals surface area (Å²) in [5, 5.41) is 10.1. The summed E-state index contributed by atoms with van der Waals surface area (Å²) in [6.45, 7) is 7.51. The van der Waals surface area contributed by atoms with E-state index in [1.54, 1.807) is 6.92 Å². The van der Waals surface area contributed by atoms with E-state index in [0.717, 1.165) is 11.1 Å². The molecule has 28 heavy (non-hydrogen) atoms. The number of carbonyl (C=O) groups is 2. The Morgan fingerprint density at radius 3 is 2.46 bits per heavy atom. The summed E-state index contributed by atoms with van der Waals surface area (Å²) in [7, 11) is 1.39. The number of aryl methyl sites for hydroxylation is 1. The summed E-state index contributed by atoms with van der Waals surface area (Å²) >= 11 is 0. The quantitative estimate of drug-likeness (QED) is 0.545. The lowest BCUT2D eigenvalue weighted by Crippen LogP contribution is -2.26. The number of Topliss-reactive ketones (excluding diaryl/α,β-unsaturated/α-hetero) is 1. The molecular weight excluding hydrogens is 358 g/mol. The van der Waals surface area contributed by atoms with Crippen LogP contribution in [-0.4, -0.2) is 35.1 Å². The van der Waals surface area contributed by atoms with Gasteiger partial charge in [-0.3, -0.25) is 9.59 Å². The van der Waals surface area contributed by atoms with Gasteiger partial charge < -0.3 is 14.6 Å². The first-order chi connectivity index (χ1) is 13.3. The molecule has 150 valence electrons. The predicted octanol–water partition coefficient (Wildman–Crippen LogP) is 4.05. The summed E-state index contributed by atoms with van der Waals surface area (Å²) in [5.74, 6) is -1.70. The summed E-state index contributed by atoms with van der Waals surface area (Å²) < 4.78 is 10.6. The first-order valence-corrected chi connectivity index (χ1v) is 9.27. The number of carbonyl (C=O) groups excluding carboxylic acids is 2. The van der Waals surface area contributed by atoms with Crippen molar-refractivity contribution < 1.29 is 24.2 Å². The Bertz CT molecular complexity index is 849. The zero-order chi connectivity index (χ0) is 20.8. The Morgan fingerprint density at radius 1 is 1.14 bits per heavy atom. The largest absolute Gasteiger partial charge is 0.503 e. The van der Waals surface area contributed by atoms with E-state index in [0.29, 0.717) is 0 Å². The fraction of sp³-hybridized carbons (Fsp3) is 0.409. The lowest BCUT2D eigenvalue weighted by molar-refractivity contribution is -0.153. The van der Waals surface area contributed by atoms with Gasteiger partial charge in [0.05, 0.1) is 13.0 Å². The van der Waals surface area contributed by atoms with Crippen molar-refractivity contribution in [2.24, 2.45) is 5.92 Å². The number of hydrogen-bond donors (Lipinski definition) is 1. The van der Waals surface area contributed by atoms with Gasteiger partial charge in [0.2, 0.25) is 0 Å². The Hall–Kier alpha value is -2.89. The molecule has 0 amide bonds. The molecule has 0 aliphatic heterocycles. The first kappa shape index (κ1) is 21.4. The van der Waals surface area contributed by atoms with Crippen molar-refractivity contribution in [3.05, 3.63) is 53.3 Å². The lowest BCUT2D eigenvalue weighted by atomic mass is 9.92. The molecule has 0 spiro atoms. The van der Waals surface area contributed by atoms with Gasteiger partial charge in [-0.2, -0.15) is 0 Å². The number of hydrogen-bond acceptors (Lipinski definition) is 6. The van der Waals surface area contributed by atoms with Crippen molar-refractivity contribution in [1.82, 2.24) is 4.98 Å². The molecule has 6 heteroatoms. The van der Waals surface area contributed by atoms with Gasteiger partial charge in [0.1, 0.15) is 6.10 Å². The predicted molar refractivity (Wildman–Crippen MR) is 106 cm³/mol. The molecule has 6 nitrogen and oxygen atoms in total. The number of rotatable bonds is 8. The van der Waals surface area contributed by atoms with Crippen LogP contribution in [0.1, 0.15) is 54.7 Å². The Labute approximate surface area is 165 Å². The molecule has 0 radical (unpaired) electrons. The summed E-state index contributed by atoms with van der Waals surface area (Å²) in [4.78, 5) is 28.8. The zero-order valence-corrected chi connectivity index (χ0v) is 16.9. The van der Waals surface area contributed by atoms with Crippen LogP contribution in [0.25, 0.3) is 0 Å². The van der Waals surface area contributed by atoms with Crippen molar-refractivity contribution in [2.45, 2.75) is 46.1 Å². The number of benzene rings is 1. The van der Waals surface area contributed by atoms with Gasteiger partial charge in [0.15, 0.2) is 23.0 Å². The van der Waals surface area contributed by atoms with Crippen LogP contribution >= 0.6 is 0 Å². The van der Waals surface area contributed by atoms with Crippen LogP contribution in [0.2, 0.25) is 0 Å². The molecule has 0 aliphatic carbocycles. The van der Waals surface area contributed by atoms with Crippen LogP contribution in [-0.2, 0) is 9.53 Å². The maximum absolute atomic E-state index is 12.5. The van der Waals surface area contributed by atoms with Gasteiger partial charge >= 0.3 is 5.97 Å². The smallest absolute Gasteiger partial charge is 0.309 e.